The van der Waals surface area contributed by atoms with Crippen LogP contribution in [-0.4, -0.2) is 21.0 Å². The number of hydrogen-bond donors (Lipinski definition) is 1. The van der Waals surface area contributed by atoms with E-state index in [2.05, 4.69) is 9.97 Å². The van der Waals surface area contributed by atoms with E-state index in [0.717, 1.165) is 22.8 Å². The van der Waals surface area contributed by atoms with Gasteiger partial charge in [0, 0.05) is 23.7 Å². The van der Waals surface area contributed by atoms with Gasteiger partial charge in [-0.25, -0.2) is 9.97 Å². The zero-order valence-electron chi connectivity index (χ0n) is 12.5. The fourth-order valence-corrected chi connectivity index (χ4v) is 3.08. The maximum atomic E-state index is 10.7. The van der Waals surface area contributed by atoms with E-state index < -0.39 is 5.97 Å². The van der Waals surface area contributed by atoms with E-state index >= 15 is 0 Å². The lowest BCUT2D eigenvalue weighted by molar-refractivity contribution is -0.136. The predicted molar refractivity (Wildman–Crippen MR) is 77.9 cm³/mol. The van der Waals surface area contributed by atoms with Crippen LogP contribution in [0.3, 0.4) is 0 Å². The van der Waals surface area contributed by atoms with E-state index in [4.69, 9.17) is 5.11 Å². The first kappa shape index (κ1) is 14.9. The SMILES string of the molecule is Cc1nc(C2CCCCCC2)nc(C)c1CCC(=O)O. The van der Waals surface area contributed by atoms with E-state index in [9.17, 15) is 4.79 Å². The molecule has 4 nitrogen and oxygen atoms in total. The molecule has 1 aliphatic rings. The zero-order valence-corrected chi connectivity index (χ0v) is 12.5. The van der Waals surface area contributed by atoms with Gasteiger partial charge in [0.05, 0.1) is 0 Å². The van der Waals surface area contributed by atoms with Crippen LogP contribution < -0.4 is 0 Å². The molecular weight excluding hydrogens is 252 g/mol. The van der Waals surface area contributed by atoms with Crippen LogP contribution >= 0.6 is 0 Å². The minimum Gasteiger partial charge on any atom is -0.481 e. The quantitative estimate of drug-likeness (QED) is 0.854. The Morgan fingerprint density at radius 1 is 1.10 bits per heavy atom. The lowest BCUT2D eigenvalue weighted by Gasteiger charge is -2.16. The molecule has 0 amide bonds. The molecule has 1 aromatic rings. The predicted octanol–water partition coefficient (Wildman–Crippen LogP) is 3.55. The Hall–Kier alpha value is -1.45. The van der Waals surface area contributed by atoms with Gasteiger partial charge in [0.15, 0.2) is 0 Å². The number of aryl methyl sites for hydroxylation is 2. The Morgan fingerprint density at radius 3 is 2.15 bits per heavy atom. The van der Waals surface area contributed by atoms with Crippen LogP contribution in [0, 0.1) is 13.8 Å². The van der Waals surface area contributed by atoms with Crippen LogP contribution in [0.5, 0.6) is 0 Å². The molecular formula is C16H24N2O2. The molecule has 110 valence electrons. The molecule has 0 atom stereocenters. The summed E-state index contributed by atoms with van der Waals surface area (Å²) in [5.74, 6) is 0.695. The van der Waals surface area contributed by atoms with Crippen molar-refractivity contribution in [2.75, 3.05) is 0 Å². The zero-order chi connectivity index (χ0) is 14.5. The number of carbonyl (C=O) groups is 1. The van der Waals surface area contributed by atoms with E-state index in [-0.39, 0.29) is 6.42 Å². The standard InChI is InChI=1S/C16H24N2O2/c1-11-14(9-10-15(19)20)12(2)18-16(17-11)13-7-5-3-4-6-8-13/h13H,3-10H2,1-2H3,(H,19,20). The second-order valence-electron chi connectivity index (χ2n) is 5.81. The lowest BCUT2D eigenvalue weighted by atomic mass is 9.98. The summed E-state index contributed by atoms with van der Waals surface area (Å²) >= 11 is 0. The maximum Gasteiger partial charge on any atom is 0.303 e. The third kappa shape index (κ3) is 3.78. The van der Waals surface area contributed by atoms with Gasteiger partial charge in [-0.1, -0.05) is 25.7 Å². The van der Waals surface area contributed by atoms with Crippen molar-refractivity contribution >= 4 is 5.97 Å². The number of hydrogen-bond acceptors (Lipinski definition) is 3. The average Bonchev–Trinajstić information content (AvgIpc) is 2.66. The maximum absolute atomic E-state index is 10.7. The molecule has 1 saturated carbocycles. The molecule has 1 aromatic heterocycles. The summed E-state index contributed by atoms with van der Waals surface area (Å²) in [6.45, 7) is 3.96. The topological polar surface area (TPSA) is 63.1 Å². The third-order valence-electron chi connectivity index (χ3n) is 4.25. The summed E-state index contributed by atoms with van der Waals surface area (Å²) in [5.41, 5.74) is 2.92. The van der Waals surface area contributed by atoms with Crippen LogP contribution in [0.25, 0.3) is 0 Å². The van der Waals surface area contributed by atoms with Crippen LogP contribution in [-0.2, 0) is 11.2 Å². The van der Waals surface area contributed by atoms with E-state index in [1.54, 1.807) is 0 Å². The summed E-state index contributed by atoms with van der Waals surface area (Å²) in [7, 11) is 0. The molecule has 4 heteroatoms. The summed E-state index contributed by atoms with van der Waals surface area (Å²) in [6, 6.07) is 0. The Bertz CT molecular complexity index is 454. The van der Waals surface area contributed by atoms with Gasteiger partial charge in [-0.2, -0.15) is 0 Å². The molecule has 1 fully saturated rings. The highest BCUT2D eigenvalue weighted by atomic mass is 16.4. The van der Waals surface area contributed by atoms with Crippen molar-refractivity contribution in [1.82, 2.24) is 9.97 Å². The molecule has 0 unspecified atom stereocenters. The summed E-state index contributed by atoms with van der Waals surface area (Å²) < 4.78 is 0. The van der Waals surface area contributed by atoms with Gasteiger partial charge in [0.1, 0.15) is 5.82 Å². The Morgan fingerprint density at radius 2 is 1.65 bits per heavy atom. The van der Waals surface area contributed by atoms with Crippen molar-refractivity contribution in [3.63, 3.8) is 0 Å². The fourth-order valence-electron chi connectivity index (χ4n) is 3.08. The Kier molecular flexibility index (Phi) is 5.10. The van der Waals surface area contributed by atoms with Crippen molar-refractivity contribution in [2.24, 2.45) is 0 Å². The molecule has 20 heavy (non-hydrogen) atoms. The van der Waals surface area contributed by atoms with Gasteiger partial charge in [-0.15, -0.1) is 0 Å². The number of nitrogens with zero attached hydrogens (tertiary/aromatic N) is 2. The molecule has 0 bridgehead atoms. The first-order valence-electron chi connectivity index (χ1n) is 7.63. The van der Waals surface area contributed by atoms with Crippen molar-refractivity contribution in [2.45, 2.75) is 71.1 Å². The van der Waals surface area contributed by atoms with Gasteiger partial charge in [-0.3, -0.25) is 4.79 Å². The van der Waals surface area contributed by atoms with Gasteiger partial charge >= 0.3 is 5.97 Å². The number of aromatic nitrogens is 2. The minimum absolute atomic E-state index is 0.147. The monoisotopic (exact) mass is 276 g/mol. The van der Waals surface area contributed by atoms with E-state index in [0.29, 0.717) is 12.3 Å². The van der Waals surface area contributed by atoms with Crippen LogP contribution in [0.2, 0.25) is 0 Å². The molecule has 1 N–H and O–H groups in total. The number of rotatable bonds is 4. The summed E-state index contributed by atoms with van der Waals surface area (Å²) in [5, 5.41) is 8.81. The first-order valence-corrected chi connectivity index (χ1v) is 7.63. The highest BCUT2D eigenvalue weighted by Gasteiger charge is 2.19. The van der Waals surface area contributed by atoms with Gasteiger partial charge < -0.3 is 5.11 Å². The first-order chi connectivity index (χ1) is 9.58. The van der Waals surface area contributed by atoms with Crippen molar-refractivity contribution < 1.29 is 9.90 Å². The van der Waals surface area contributed by atoms with Gasteiger partial charge in [0.25, 0.3) is 0 Å². The van der Waals surface area contributed by atoms with E-state index in [1.165, 1.54) is 38.5 Å². The smallest absolute Gasteiger partial charge is 0.303 e. The van der Waals surface area contributed by atoms with Crippen LogP contribution in [0.4, 0.5) is 0 Å². The highest BCUT2D eigenvalue weighted by Crippen LogP contribution is 2.30. The molecule has 1 heterocycles. The average molecular weight is 276 g/mol. The minimum atomic E-state index is -0.767. The number of aliphatic carboxylic acids is 1. The van der Waals surface area contributed by atoms with Gasteiger partial charge in [0.2, 0.25) is 0 Å². The van der Waals surface area contributed by atoms with Gasteiger partial charge in [-0.05, 0) is 38.7 Å². The molecule has 2 rings (SSSR count). The summed E-state index contributed by atoms with van der Waals surface area (Å²) in [6.07, 6.45) is 8.24. The Labute approximate surface area is 120 Å². The second-order valence-corrected chi connectivity index (χ2v) is 5.81. The summed E-state index contributed by atoms with van der Waals surface area (Å²) in [4.78, 5) is 20.1. The van der Waals surface area contributed by atoms with Crippen molar-refractivity contribution in [1.29, 1.82) is 0 Å². The Balaban J connectivity index is 2.17. The van der Waals surface area contributed by atoms with Crippen molar-refractivity contribution in [3.05, 3.63) is 22.8 Å². The van der Waals surface area contributed by atoms with E-state index in [1.807, 2.05) is 13.8 Å². The molecule has 0 radical (unpaired) electrons. The molecule has 0 spiro atoms. The molecule has 1 aliphatic carbocycles. The van der Waals surface area contributed by atoms with Crippen LogP contribution in [0.15, 0.2) is 0 Å². The number of carboxylic acid groups (broad SMARTS) is 1. The van der Waals surface area contributed by atoms with Crippen molar-refractivity contribution in [3.8, 4) is 0 Å². The fraction of sp³-hybridized carbons (Fsp3) is 0.688. The molecule has 0 saturated heterocycles. The highest BCUT2D eigenvalue weighted by molar-refractivity contribution is 5.67. The molecule has 0 aromatic carbocycles. The van der Waals surface area contributed by atoms with Crippen LogP contribution in [0.1, 0.15) is 73.6 Å². The number of carboxylic acids is 1. The second kappa shape index (κ2) is 6.82. The largest absolute Gasteiger partial charge is 0.481 e. The normalized spacial score (nSPS) is 16.9. The lowest BCUT2D eigenvalue weighted by Crippen LogP contribution is -2.11. The third-order valence-corrected chi connectivity index (χ3v) is 4.25. The molecule has 0 aliphatic heterocycles.